The molecule has 0 amide bonds. The molecular formula is C15H16FN3O. The van der Waals surface area contributed by atoms with Gasteiger partial charge in [0.25, 0.3) is 0 Å². The fourth-order valence-electron chi connectivity index (χ4n) is 2.57. The summed E-state index contributed by atoms with van der Waals surface area (Å²) in [7, 11) is 3.75. The number of benzene rings is 1. The van der Waals surface area contributed by atoms with Crippen LogP contribution >= 0.6 is 0 Å². The molecule has 1 aromatic carbocycles. The second kappa shape index (κ2) is 4.76. The lowest BCUT2D eigenvalue weighted by atomic mass is 10.1. The number of aryl methyl sites for hydroxylation is 2. The molecule has 0 aliphatic carbocycles. The van der Waals surface area contributed by atoms with Crippen molar-refractivity contribution in [1.29, 1.82) is 0 Å². The van der Waals surface area contributed by atoms with Crippen LogP contribution in [0.25, 0.3) is 11.0 Å². The van der Waals surface area contributed by atoms with Gasteiger partial charge in [0, 0.05) is 24.2 Å². The molecular weight excluding hydrogens is 257 g/mol. The van der Waals surface area contributed by atoms with E-state index < -0.39 is 0 Å². The molecule has 1 N–H and O–H groups in total. The van der Waals surface area contributed by atoms with Crippen molar-refractivity contribution in [2.24, 2.45) is 7.05 Å². The molecule has 3 aromatic rings. The van der Waals surface area contributed by atoms with E-state index in [1.807, 2.05) is 27.1 Å². The normalized spacial score (nSPS) is 13.0. The van der Waals surface area contributed by atoms with E-state index in [0.29, 0.717) is 5.58 Å². The Morgan fingerprint density at radius 2 is 2.15 bits per heavy atom. The van der Waals surface area contributed by atoms with Gasteiger partial charge in [-0.25, -0.2) is 4.39 Å². The number of hydrogen-bond donors (Lipinski definition) is 1. The molecule has 0 aliphatic heterocycles. The Morgan fingerprint density at radius 1 is 1.35 bits per heavy atom. The highest BCUT2D eigenvalue weighted by atomic mass is 19.1. The Labute approximate surface area is 116 Å². The highest BCUT2D eigenvalue weighted by Crippen LogP contribution is 2.32. The van der Waals surface area contributed by atoms with Crippen LogP contribution in [0.15, 0.2) is 34.9 Å². The molecule has 0 radical (unpaired) electrons. The third kappa shape index (κ3) is 1.91. The van der Waals surface area contributed by atoms with Gasteiger partial charge in [0.05, 0.1) is 5.69 Å². The first kappa shape index (κ1) is 12.9. The van der Waals surface area contributed by atoms with Crippen LogP contribution in [0, 0.1) is 12.7 Å². The minimum atomic E-state index is -0.255. The summed E-state index contributed by atoms with van der Waals surface area (Å²) in [6.07, 6.45) is 1.75. The average Bonchev–Trinajstić information content (AvgIpc) is 2.98. The molecule has 0 fully saturated rings. The van der Waals surface area contributed by atoms with Gasteiger partial charge in [0.2, 0.25) is 0 Å². The Kier molecular flexibility index (Phi) is 3.06. The lowest BCUT2D eigenvalue weighted by molar-refractivity contribution is 0.470. The summed E-state index contributed by atoms with van der Waals surface area (Å²) < 4.78 is 21.1. The van der Waals surface area contributed by atoms with E-state index in [2.05, 4.69) is 10.4 Å². The molecule has 0 saturated heterocycles. The van der Waals surface area contributed by atoms with Gasteiger partial charge in [-0.15, -0.1) is 0 Å². The molecule has 0 spiro atoms. The number of aromatic nitrogens is 2. The number of fused-ring (bicyclic) bond motifs is 1. The first-order chi connectivity index (χ1) is 9.61. The van der Waals surface area contributed by atoms with E-state index in [0.717, 1.165) is 22.4 Å². The quantitative estimate of drug-likeness (QED) is 0.798. The van der Waals surface area contributed by atoms with Crippen LogP contribution in [0.2, 0.25) is 0 Å². The van der Waals surface area contributed by atoms with Gasteiger partial charge in [-0.2, -0.15) is 5.10 Å². The third-order valence-electron chi connectivity index (χ3n) is 3.64. The lowest BCUT2D eigenvalue weighted by Gasteiger charge is -2.15. The zero-order valence-electron chi connectivity index (χ0n) is 11.6. The van der Waals surface area contributed by atoms with E-state index in [1.54, 1.807) is 16.9 Å². The van der Waals surface area contributed by atoms with E-state index >= 15 is 0 Å². The molecule has 0 saturated carbocycles. The zero-order chi connectivity index (χ0) is 14.3. The number of nitrogens with zero attached hydrogens (tertiary/aromatic N) is 2. The third-order valence-corrected chi connectivity index (χ3v) is 3.64. The number of rotatable bonds is 3. The smallest absolute Gasteiger partial charge is 0.134 e. The summed E-state index contributed by atoms with van der Waals surface area (Å²) in [4.78, 5) is 0. The zero-order valence-corrected chi connectivity index (χ0v) is 11.6. The Morgan fingerprint density at radius 3 is 2.80 bits per heavy atom. The number of halogens is 1. The molecule has 3 rings (SSSR count). The summed E-state index contributed by atoms with van der Waals surface area (Å²) in [6.45, 7) is 1.95. The second-order valence-electron chi connectivity index (χ2n) is 4.83. The molecule has 5 heteroatoms. The first-order valence-electron chi connectivity index (χ1n) is 6.45. The number of hydrogen-bond acceptors (Lipinski definition) is 3. The van der Waals surface area contributed by atoms with E-state index in [9.17, 15) is 4.39 Å². The maximum absolute atomic E-state index is 13.4. The molecule has 2 heterocycles. The van der Waals surface area contributed by atoms with Gasteiger partial charge in [-0.05, 0) is 38.2 Å². The Balaban J connectivity index is 2.18. The van der Waals surface area contributed by atoms with Gasteiger partial charge in [0.1, 0.15) is 23.2 Å². The molecule has 2 aromatic heterocycles. The predicted molar refractivity (Wildman–Crippen MR) is 75.0 cm³/mol. The van der Waals surface area contributed by atoms with Crippen molar-refractivity contribution in [1.82, 2.24) is 15.1 Å². The van der Waals surface area contributed by atoms with E-state index in [4.69, 9.17) is 4.42 Å². The second-order valence-corrected chi connectivity index (χ2v) is 4.83. The molecule has 1 unspecified atom stereocenters. The van der Waals surface area contributed by atoms with Crippen molar-refractivity contribution in [2.75, 3.05) is 7.05 Å². The van der Waals surface area contributed by atoms with Gasteiger partial charge in [-0.1, -0.05) is 0 Å². The topological polar surface area (TPSA) is 43.0 Å². The van der Waals surface area contributed by atoms with Gasteiger partial charge < -0.3 is 9.73 Å². The molecule has 20 heavy (non-hydrogen) atoms. The summed E-state index contributed by atoms with van der Waals surface area (Å²) in [5.74, 6) is 0.534. The van der Waals surface area contributed by atoms with Gasteiger partial charge in [0.15, 0.2) is 0 Å². The summed E-state index contributed by atoms with van der Waals surface area (Å²) in [5.41, 5.74) is 2.64. The van der Waals surface area contributed by atoms with Crippen LogP contribution in [0.1, 0.15) is 23.1 Å². The largest absolute Gasteiger partial charge is 0.459 e. The molecule has 1 atom stereocenters. The monoisotopic (exact) mass is 273 g/mol. The first-order valence-corrected chi connectivity index (χ1v) is 6.45. The fraction of sp³-hybridized carbons (Fsp3) is 0.267. The highest BCUT2D eigenvalue weighted by Gasteiger charge is 2.23. The standard InChI is InChI=1S/C15H16FN3O/c1-9-11-8-10(16)4-5-13(11)20-15(9)14(17-2)12-6-7-18-19(12)3/h4-8,14,17H,1-3H3. The molecule has 4 nitrogen and oxygen atoms in total. The number of nitrogens with one attached hydrogen (secondary N) is 1. The SMILES string of the molecule is CNC(c1oc2ccc(F)cc2c1C)c1ccnn1C. The van der Waals surface area contributed by atoms with Crippen molar-refractivity contribution in [3.8, 4) is 0 Å². The Bertz CT molecular complexity index is 760. The van der Waals surface area contributed by atoms with Crippen molar-refractivity contribution in [2.45, 2.75) is 13.0 Å². The molecule has 0 aliphatic rings. The maximum atomic E-state index is 13.4. The lowest BCUT2D eigenvalue weighted by Crippen LogP contribution is -2.20. The summed E-state index contributed by atoms with van der Waals surface area (Å²) in [6, 6.07) is 6.41. The van der Waals surface area contributed by atoms with Crippen LogP contribution in [-0.2, 0) is 7.05 Å². The predicted octanol–water partition coefficient (Wildman–Crippen LogP) is 2.92. The maximum Gasteiger partial charge on any atom is 0.134 e. The molecule has 104 valence electrons. The van der Waals surface area contributed by atoms with Crippen molar-refractivity contribution in [3.05, 3.63) is 53.3 Å². The highest BCUT2D eigenvalue weighted by molar-refractivity contribution is 5.82. The van der Waals surface area contributed by atoms with Crippen LogP contribution in [0.5, 0.6) is 0 Å². The van der Waals surface area contributed by atoms with E-state index in [1.165, 1.54) is 12.1 Å². The van der Waals surface area contributed by atoms with Crippen LogP contribution < -0.4 is 5.32 Å². The van der Waals surface area contributed by atoms with Crippen LogP contribution in [-0.4, -0.2) is 16.8 Å². The average molecular weight is 273 g/mol. The molecule has 0 bridgehead atoms. The Hall–Kier alpha value is -2.14. The van der Waals surface area contributed by atoms with Crippen molar-refractivity contribution >= 4 is 11.0 Å². The van der Waals surface area contributed by atoms with Crippen molar-refractivity contribution in [3.63, 3.8) is 0 Å². The van der Waals surface area contributed by atoms with Crippen molar-refractivity contribution < 1.29 is 8.81 Å². The van der Waals surface area contributed by atoms with Gasteiger partial charge in [-0.3, -0.25) is 4.68 Å². The summed E-state index contributed by atoms with van der Waals surface area (Å²) in [5, 5.41) is 8.22. The summed E-state index contributed by atoms with van der Waals surface area (Å²) >= 11 is 0. The fourth-order valence-corrected chi connectivity index (χ4v) is 2.57. The van der Waals surface area contributed by atoms with Gasteiger partial charge >= 0.3 is 0 Å². The number of furan rings is 1. The van der Waals surface area contributed by atoms with E-state index in [-0.39, 0.29) is 11.9 Å². The minimum Gasteiger partial charge on any atom is -0.459 e. The minimum absolute atomic E-state index is 0.113. The van der Waals surface area contributed by atoms with Crippen LogP contribution in [0.3, 0.4) is 0 Å². The van der Waals surface area contributed by atoms with Crippen LogP contribution in [0.4, 0.5) is 4.39 Å².